The summed E-state index contributed by atoms with van der Waals surface area (Å²) < 4.78 is 37.8. The average Bonchev–Trinajstić information content (AvgIpc) is 2.73. The van der Waals surface area contributed by atoms with Crippen molar-refractivity contribution in [2.24, 2.45) is 11.8 Å². The molecule has 1 aliphatic carbocycles. The lowest BCUT2D eigenvalue weighted by molar-refractivity contribution is -0.137. The second kappa shape index (κ2) is 5.16. The number of aryl methyl sites for hydroxylation is 1. The molecule has 1 fully saturated rings. The van der Waals surface area contributed by atoms with Gasteiger partial charge in [-0.1, -0.05) is 19.4 Å². The van der Waals surface area contributed by atoms with Crippen LogP contribution in [0.15, 0.2) is 18.2 Å². The van der Waals surface area contributed by atoms with Crippen molar-refractivity contribution in [1.82, 2.24) is 0 Å². The van der Waals surface area contributed by atoms with E-state index in [1.165, 1.54) is 6.07 Å². The van der Waals surface area contributed by atoms with Crippen LogP contribution in [0, 0.1) is 18.8 Å². The van der Waals surface area contributed by atoms with Gasteiger partial charge in [0.05, 0.1) is 11.7 Å². The summed E-state index contributed by atoms with van der Waals surface area (Å²) in [5.41, 5.74) is 0.495. The molecule has 106 valence electrons. The van der Waals surface area contributed by atoms with Gasteiger partial charge < -0.3 is 5.11 Å². The number of aliphatic hydroxyl groups excluding tert-OH is 1. The summed E-state index contributed by atoms with van der Waals surface area (Å²) in [5, 5.41) is 10.3. The maximum Gasteiger partial charge on any atom is 0.416 e. The zero-order chi connectivity index (χ0) is 14.2. The SMILES string of the molecule is Cc1cc(C(F)(F)F)ccc1C(O)C1CCC(C)C1. The fraction of sp³-hybridized carbons (Fsp3) is 0.600. The maximum absolute atomic E-state index is 12.6. The number of alkyl halides is 3. The molecule has 2 rings (SSSR count). The lowest BCUT2D eigenvalue weighted by Crippen LogP contribution is -2.12. The van der Waals surface area contributed by atoms with E-state index in [1.807, 2.05) is 0 Å². The summed E-state index contributed by atoms with van der Waals surface area (Å²) in [5.74, 6) is 0.764. The fourth-order valence-corrected chi connectivity index (χ4v) is 2.98. The van der Waals surface area contributed by atoms with Gasteiger partial charge in [0.15, 0.2) is 0 Å². The smallest absolute Gasteiger partial charge is 0.388 e. The molecule has 0 amide bonds. The zero-order valence-corrected chi connectivity index (χ0v) is 11.2. The first kappa shape index (κ1) is 14.4. The fourth-order valence-electron chi connectivity index (χ4n) is 2.98. The molecule has 0 bridgehead atoms. The van der Waals surface area contributed by atoms with Crippen molar-refractivity contribution in [3.05, 3.63) is 34.9 Å². The van der Waals surface area contributed by atoms with E-state index >= 15 is 0 Å². The van der Waals surface area contributed by atoms with Crippen molar-refractivity contribution in [2.45, 2.75) is 45.4 Å². The highest BCUT2D eigenvalue weighted by molar-refractivity contribution is 5.34. The Morgan fingerprint density at radius 1 is 1.26 bits per heavy atom. The zero-order valence-electron chi connectivity index (χ0n) is 11.2. The van der Waals surface area contributed by atoms with Gasteiger partial charge in [-0.2, -0.15) is 13.2 Å². The van der Waals surface area contributed by atoms with E-state index in [2.05, 4.69) is 6.92 Å². The second-order valence-electron chi connectivity index (χ2n) is 5.69. The first-order valence-electron chi connectivity index (χ1n) is 6.65. The Kier molecular flexibility index (Phi) is 3.90. The Labute approximate surface area is 111 Å². The molecule has 19 heavy (non-hydrogen) atoms. The molecule has 0 spiro atoms. The molecule has 1 aromatic carbocycles. The highest BCUT2D eigenvalue weighted by Gasteiger charge is 2.33. The topological polar surface area (TPSA) is 20.2 Å². The minimum atomic E-state index is -4.32. The number of halogens is 3. The minimum Gasteiger partial charge on any atom is -0.388 e. The molecular formula is C15H19F3O. The van der Waals surface area contributed by atoms with E-state index in [-0.39, 0.29) is 5.92 Å². The molecule has 0 heterocycles. The quantitative estimate of drug-likeness (QED) is 0.841. The van der Waals surface area contributed by atoms with Crippen LogP contribution in [-0.4, -0.2) is 5.11 Å². The Hall–Kier alpha value is -1.03. The molecule has 4 heteroatoms. The molecule has 0 aliphatic heterocycles. The summed E-state index contributed by atoms with van der Waals surface area (Å²) >= 11 is 0. The van der Waals surface area contributed by atoms with Crippen LogP contribution < -0.4 is 0 Å². The van der Waals surface area contributed by atoms with Gasteiger partial charge in [-0.05, 0) is 54.9 Å². The number of rotatable bonds is 2. The Morgan fingerprint density at radius 2 is 1.95 bits per heavy atom. The van der Waals surface area contributed by atoms with Crippen LogP contribution in [-0.2, 0) is 6.18 Å². The summed E-state index contributed by atoms with van der Waals surface area (Å²) in [6.45, 7) is 3.78. The van der Waals surface area contributed by atoms with Gasteiger partial charge in [0.2, 0.25) is 0 Å². The van der Waals surface area contributed by atoms with Crippen LogP contribution >= 0.6 is 0 Å². The third-order valence-electron chi connectivity index (χ3n) is 4.10. The molecule has 0 radical (unpaired) electrons. The van der Waals surface area contributed by atoms with Gasteiger partial charge in [0.25, 0.3) is 0 Å². The first-order valence-corrected chi connectivity index (χ1v) is 6.65. The van der Waals surface area contributed by atoms with Gasteiger partial charge in [-0.25, -0.2) is 0 Å². The Morgan fingerprint density at radius 3 is 2.42 bits per heavy atom. The van der Waals surface area contributed by atoms with Crippen LogP contribution in [0.4, 0.5) is 13.2 Å². The lowest BCUT2D eigenvalue weighted by atomic mass is 9.90. The molecule has 1 nitrogen and oxygen atoms in total. The summed E-state index contributed by atoms with van der Waals surface area (Å²) in [6.07, 6.45) is -1.99. The highest BCUT2D eigenvalue weighted by Crippen LogP contribution is 2.40. The normalized spacial score (nSPS) is 25.6. The molecule has 0 saturated heterocycles. The maximum atomic E-state index is 12.6. The highest BCUT2D eigenvalue weighted by atomic mass is 19.4. The molecular weight excluding hydrogens is 253 g/mol. The van der Waals surface area contributed by atoms with E-state index in [1.54, 1.807) is 6.92 Å². The number of aliphatic hydroxyl groups is 1. The molecule has 1 N–H and O–H groups in total. The third-order valence-corrected chi connectivity index (χ3v) is 4.10. The van der Waals surface area contributed by atoms with Gasteiger partial charge >= 0.3 is 6.18 Å². The summed E-state index contributed by atoms with van der Waals surface area (Å²) in [7, 11) is 0. The van der Waals surface area contributed by atoms with Crippen LogP contribution in [0.3, 0.4) is 0 Å². The van der Waals surface area contributed by atoms with Crippen LogP contribution in [0.25, 0.3) is 0 Å². The molecule has 3 unspecified atom stereocenters. The van der Waals surface area contributed by atoms with Crippen LogP contribution in [0.5, 0.6) is 0 Å². The second-order valence-corrected chi connectivity index (χ2v) is 5.69. The number of hydrogen-bond acceptors (Lipinski definition) is 1. The lowest BCUT2D eigenvalue weighted by Gasteiger charge is -2.21. The van der Waals surface area contributed by atoms with Crippen molar-refractivity contribution in [3.8, 4) is 0 Å². The largest absolute Gasteiger partial charge is 0.416 e. The van der Waals surface area contributed by atoms with E-state index in [0.717, 1.165) is 31.4 Å². The molecule has 0 aromatic heterocycles. The predicted octanol–water partition coefficient (Wildman–Crippen LogP) is 4.48. The third kappa shape index (κ3) is 3.11. The molecule has 1 saturated carbocycles. The van der Waals surface area contributed by atoms with Gasteiger partial charge in [-0.15, -0.1) is 0 Å². The standard InChI is InChI=1S/C15H19F3O/c1-9-3-4-11(7-9)14(19)13-6-5-12(8-10(13)2)15(16,17)18/h5-6,8-9,11,14,19H,3-4,7H2,1-2H3. The van der Waals surface area contributed by atoms with E-state index in [9.17, 15) is 18.3 Å². The number of benzene rings is 1. The first-order chi connectivity index (χ1) is 8.79. The van der Waals surface area contributed by atoms with Crippen molar-refractivity contribution >= 4 is 0 Å². The predicted molar refractivity (Wildman–Crippen MR) is 67.6 cm³/mol. The van der Waals surface area contributed by atoms with Crippen molar-refractivity contribution < 1.29 is 18.3 Å². The van der Waals surface area contributed by atoms with Gasteiger partial charge in [0.1, 0.15) is 0 Å². The van der Waals surface area contributed by atoms with Crippen LogP contribution in [0.2, 0.25) is 0 Å². The summed E-state index contributed by atoms with van der Waals surface area (Å²) in [4.78, 5) is 0. The molecule has 3 atom stereocenters. The summed E-state index contributed by atoms with van der Waals surface area (Å²) in [6, 6.07) is 3.60. The average molecular weight is 272 g/mol. The van der Waals surface area contributed by atoms with Crippen LogP contribution in [0.1, 0.15) is 49.0 Å². The van der Waals surface area contributed by atoms with E-state index in [0.29, 0.717) is 17.0 Å². The minimum absolute atomic E-state index is 0.172. The Bertz CT molecular complexity index is 453. The van der Waals surface area contributed by atoms with Crippen molar-refractivity contribution in [2.75, 3.05) is 0 Å². The number of hydrogen-bond donors (Lipinski definition) is 1. The Balaban J connectivity index is 2.21. The molecule has 1 aliphatic rings. The van der Waals surface area contributed by atoms with Crippen molar-refractivity contribution in [1.29, 1.82) is 0 Å². The van der Waals surface area contributed by atoms with Gasteiger partial charge in [-0.3, -0.25) is 0 Å². The monoisotopic (exact) mass is 272 g/mol. The van der Waals surface area contributed by atoms with E-state index in [4.69, 9.17) is 0 Å². The van der Waals surface area contributed by atoms with E-state index < -0.39 is 17.8 Å². The van der Waals surface area contributed by atoms with Gasteiger partial charge in [0, 0.05) is 0 Å². The molecule has 1 aromatic rings. The van der Waals surface area contributed by atoms with Crippen molar-refractivity contribution in [3.63, 3.8) is 0 Å².